The van der Waals surface area contributed by atoms with Gasteiger partial charge in [0.2, 0.25) is 0 Å². The van der Waals surface area contributed by atoms with Crippen LogP contribution in [0.15, 0.2) is 0 Å². The third-order valence-corrected chi connectivity index (χ3v) is 6.76. The van der Waals surface area contributed by atoms with Gasteiger partial charge in [-0.15, -0.1) is 0 Å². The summed E-state index contributed by atoms with van der Waals surface area (Å²) in [6, 6.07) is -1.13. The fourth-order valence-electron chi connectivity index (χ4n) is 5.16. The lowest BCUT2D eigenvalue weighted by molar-refractivity contribution is -0.155. The van der Waals surface area contributed by atoms with E-state index in [1.165, 1.54) is 13.8 Å². The van der Waals surface area contributed by atoms with Gasteiger partial charge in [-0.1, -0.05) is 13.8 Å². The van der Waals surface area contributed by atoms with Crippen molar-refractivity contribution in [1.29, 1.82) is 0 Å². The maximum Gasteiger partial charge on any atom is 0.321 e. The van der Waals surface area contributed by atoms with Crippen LogP contribution in [0, 0.1) is 10.8 Å². The van der Waals surface area contributed by atoms with Crippen LogP contribution in [0.2, 0.25) is 0 Å². The van der Waals surface area contributed by atoms with E-state index in [0.717, 1.165) is 0 Å². The molecule has 1 atom stereocenters. The van der Waals surface area contributed by atoms with E-state index in [0.29, 0.717) is 0 Å². The van der Waals surface area contributed by atoms with Gasteiger partial charge in [0.25, 0.3) is 0 Å². The molecule has 1 unspecified atom stereocenters. The number of hydrogen-bond acceptors (Lipinski definition) is 9. The second-order valence-corrected chi connectivity index (χ2v) is 11.1. The maximum absolute atomic E-state index is 12.6. The molecule has 0 radical (unpaired) electrons. The summed E-state index contributed by atoms with van der Waals surface area (Å²) in [5.41, 5.74) is -2.22. The molecule has 0 aromatic rings. The number of carboxylic acid groups (broad SMARTS) is 5. The molecule has 218 valence electrons. The van der Waals surface area contributed by atoms with E-state index < -0.39 is 46.7 Å². The van der Waals surface area contributed by atoms with Crippen LogP contribution in [0.1, 0.15) is 34.1 Å². The highest BCUT2D eigenvalue weighted by atomic mass is 16.4. The molecular formula is C24H42N4O10. The SMILES string of the molecule is CC(C)(CC(C)(C)C(C(=O)O)N1CCN(CC(=O)O)CCN(CC(=O)O)CCN(CC(=O)O)CC1)C(=O)O. The van der Waals surface area contributed by atoms with E-state index in [1.54, 1.807) is 33.4 Å². The molecule has 1 aliphatic heterocycles. The first-order valence-corrected chi connectivity index (χ1v) is 12.5. The molecule has 38 heavy (non-hydrogen) atoms. The highest BCUT2D eigenvalue weighted by Gasteiger charge is 2.45. The fourth-order valence-corrected chi connectivity index (χ4v) is 5.16. The highest BCUT2D eigenvalue weighted by Crippen LogP contribution is 2.38. The Kier molecular flexibility index (Phi) is 12.6. The second kappa shape index (κ2) is 14.4. The van der Waals surface area contributed by atoms with Gasteiger partial charge in [-0.05, 0) is 25.7 Å². The van der Waals surface area contributed by atoms with Crippen molar-refractivity contribution >= 4 is 29.8 Å². The topological polar surface area (TPSA) is 199 Å². The maximum atomic E-state index is 12.6. The standard InChI is InChI=1S/C24H42N4O10/c1-23(2,16-24(3,4)22(37)38)20(21(35)36)28-11-9-26(14-18(31)32)7-5-25(13-17(29)30)6-8-27(10-12-28)15-19(33)34/h20H,5-16H2,1-4H3,(H,29,30)(H,31,32)(H,33,34)(H,35,36)(H,37,38). The zero-order valence-electron chi connectivity index (χ0n) is 22.6. The number of hydrogen-bond donors (Lipinski definition) is 5. The smallest absolute Gasteiger partial charge is 0.321 e. The molecule has 0 saturated carbocycles. The zero-order valence-corrected chi connectivity index (χ0v) is 22.6. The largest absolute Gasteiger partial charge is 0.481 e. The summed E-state index contributed by atoms with van der Waals surface area (Å²) in [4.78, 5) is 65.1. The van der Waals surface area contributed by atoms with Crippen molar-refractivity contribution in [2.75, 3.05) is 72.0 Å². The zero-order chi connectivity index (χ0) is 29.3. The average molecular weight is 547 g/mol. The van der Waals surface area contributed by atoms with Crippen molar-refractivity contribution in [3.63, 3.8) is 0 Å². The highest BCUT2D eigenvalue weighted by molar-refractivity contribution is 5.76. The summed E-state index contributed by atoms with van der Waals surface area (Å²) < 4.78 is 0. The van der Waals surface area contributed by atoms with E-state index in [-0.39, 0.29) is 78.4 Å². The average Bonchev–Trinajstić information content (AvgIpc) is 2.73. The normalized spacial score (nSPS) is 19.2. The van der Waals surface area contributed by atoms with E-state index in [1.807, 2.05) is 0 Å². The third-order valence-electron chi connectivity index (χ3n) is 6.76. The molecule has 14 heteroatoms. The Balaban J connectivity index is 3.36. The van der Waals surface area contributed by atoms with Crippen LogP contribution in [0.4, 0.5) is 0 Å². The quantitative estimate of drug-likeness (QED) is 0.209. The Morgan fingerprint density at radius 2 is 0.921 bits per heavy atom. The van der Waals surface area contributed by atoms with Gasteiger partial charge >= 0.3 is 29.8 Å². The van der Waals surface area contributed by atoms with Gasteiger partial charge in [0.15, 0.2) is 0 Å². The molecule has 1 fully saturated rings. The van der Waals surface area contributed by atoms with Crippen LogP contribution < -0.4 is 0 Å². The van der Waals surface area contributed by atoms with Gasteiger partial charge in [-0.2, -0.15) is 0 Å². The summed E-state index contributed by atoms with van der Waals surface area (Å²) in [5, 5.41) is 47.9. The molecule has 14 nitrogen and oxygen atoms in total. The fraction of sp³-hybridized carbons (Fsp3) is 0.792. The molecular weight excluding hydrogens is 504 g/mol. The van der Waals surface area contributed by atoms with Crippen LogP contribution in [0.3, 0.4) is 0 Å². The predicted octanol–water partition coefficient (Wildman–Crippen LogP) is -0.558. The Bertz CT molecular complexity index is 831. The number of carbonyl (C=O) groups is 5. The van der Waals surface area contributed by atoms with E-state index >= 15 is 0 Å². The van der Waals surface area contributed by atoms with E-state index in [2.05, 4.69) is 0 Å². The molecule has 0 amide bonds. The van der Waals surface area contributed by atoms with Crippen LogP contribution in [0.25, 0.3) is 0 Å². The van der Waals surface area contributed by atoms with Crippen molar-refractivity contribution in [2.24, 2.45) is 10.8 Å². The lowest BCUT2D eigenvalue weighted by Crippen LogP contribution is -2.56. The Labute approximate surface area is 222 Å². The van der Waals surface area contributed by atoms with Crippen molar-refractivity contribution in [1.82, 2.24) is 19.6 Å². The summed E-state index contributed by atoms with van der Waals surface area (Å²) in [6.45, 7) is 6.91. The second-order valence-electron chi connectivity index (χ2n) is 11.1. The first-order chi connectivity index (χ1) is 17.4. The Hall–Kier alpha value is -2.81. The van der Waals surface area contributed by atoms with Gasteiger partial charge in [-0.3, -0.25) is 43.6 Å². The Morgan fingerprint density at radius 3 is 1.18 bits per heavy atom. The van der Waals surface area contributed by atoms with E-state index in [9.17, 15) is 49.5 Å². The van der Waals surface area contributed by atoms with Crippen LogP contribution in [-0.2, 0) is 24.0 Å². The lowest BCUT2D eigenvalue weighted by Gasteiger charge is -2.43. The molecule has 1 saturated heterocycles. The van der Waals surface area contributed by atoms with Gasteiger partial charge in [-0.25, -0.2) is 0 Å². The first-order valence-electron chi connectivity index (χ1n) is 12.5. The first kappa shape index (κ1) is 33.2. The van der Waals surface area contributed by atoms with E-state index in [4.69, 9.17) is 0 Å². The minimum absolute atomic E-state index is 0.0463. The number of nitrogens with zero attached hydrogens (tertiary/aromatic N) is 4. The molecule has 1 heterocycles. The summed E-state index contributed by atoms with van der Waals surface area (Å²) in [7, 11) is 0. The molecule has 0 aromatic heterocycles. The minimum atomic E-state index is -1.21. The molecule has 1 rings (SSSR count). The number of rotatable bonds is 12. The van der Waals surface area contributed by atoms with Gasteiger partial charge in [0, 0.05) is 52.4 Å². The molecule has 1 aliphatic rings. The van der Waals surface area contributed by atoms with Crippen LogP contribution in [-0.4, -0.2) is 153 Å². The van der Waals surface area contributed by atoms with Crippen LogP contribution >= 0.6 is 0 Å². The third kappa shape index (κ3) is 11.3. The van der Waals surface area contributed by atoms with Crippen LogP contribution in [0.5, 0.6) is 0 Å². The molecule has 0 aromatic carbocycles. The van der Waals surface area contributed by atoms with Crippen molar-refractivity contribution < 1.29 is 49.5 Å². The molecule has 0 bridgehead atoms. The lowest BCUT2D eigenvalue weighted by atomic mass is 9.70. The molecule has 5 N–H and O–H groups in total. The number of aliphatic carboxylic acids is 5. The number of carboxylic acids is 5. The van der Waals surface area contributed by atoms with Gasteiger partial charge in [0.1, 0.15) is 6.04 Å². The molecule has 0 spiro atoms. The Morgan fingerprint density at radius 1 is 0.605 bits per heavy atom. The van der Waals surface area contributed by atoms with Gasteiger partial charge in [0.05, 0.1) is 25.0 Å². The minimum Gasteiger partial charge on any atom is -0.481 e. The predicted molar refractivity (Wildman–Crippen MR) is 135 cm³/mol. The summed E-state index contributed by atoms with van der Waals surface area (Å²) in [6.07, 6.45) is 0.0463. The van der Waals surface area contributed by atoms with Crippen molar-refractivity contribution in [3.8, 4) is 0 Å². The molecule has 0 aliphatic carbocycles. The van der Waals surface area contributed by atoms with Crippen molar-refractivity contribution in [3.05, 3.63) is 0 Å². The monoisotopic (exact) mass is 546 g/mol. The summed E-state index contributed by atoms with van der Waals surface area (Å²) >= 11 is 0. The summed E-state index contributed by atoms with van der Waals surface area (Å²) in [5.74, 6) is -5.45. The van der Waals surface area contributed by atoms with Gasteiger partial charge < -0.3 is 25.5 Å². The van der Waals surface area contributed by atoms with Crippen molar-refractivity contribution in [2.45, 2.75) is 40.2 Å².